The summed E-state index contributed by atoms with van der Waals surface area (Å²) in [7, 11) is 0. The zero-order chi connectivity index (χ0) is 10.5. The van der Waals surface area contributed by atoms with Gasteiger partial charge in [0.15, 0.2) is 0 Å². The van der Waals surface area contributed by atoms with Crippen molar-refractivity contribution in [2.75, 3.05) is 6.54 Å². The van der Waals surface area contributed by atoms with Crippen LogP contribution in [0, 0.1) is 0 Å². The van der Waals surface area contributed by atoms with Gasteiger partial charge in [-0.1, -0.05) is 0 Å². The normalized spacial score (nSPS) is 15.8. The van der Waals surface area contributed by atoms with Gasteiger partial charge in [-0.3, -0.25) is 0 Å². The standard InChI is InChI=1S/C13H12N2S/c1-2-12-8(4-6-16-12)13-9-7-14-5-3-10(9)15-11(1)13/h1-2,4,6,14-15H,3,5,7H2. The zero-order valence-corrected chi connectivity index (χ0v) is 9.66. The van der Waals surface area contributed by atoms with Crippen LogP contribution in [-0.4, -0.2) is 11.5 Å². The molecule has 80 valence electrons. The Kier molecular flexibility index (Phi) is 1.70. The van der Waals surface area contributed by atoms with Crippen molar-refractivity contribution >= 4 is 32.3 Å². The number of aromatic nitrogens is 1. The van der Waals surface area contributed by atoms with E-state index in [-0.39, 0.29) is 0 Å². The maximum Gasteiger partial charge on any atom is 0.0466 e. The van der Waals surface area contributed by atoms with Crippen molar-refractivity contribution in [2.24, 2.45) is 0 Å². The van der Waals surface area contributed by atoms with Crippen molar-refractivity contribution in [3.05, 3.63) is 34.8 Å². The van der Waals surface area contributed by atoms with E-state index in [1.165, 1.54) is 32.2 Å². The molecule has 3 aromatic rings. The van der Waals surface area contributed by atoms with E-state index in [1.807, 2.05) is 11.3 Å². The summed E-state index contributed by atoms with van der Waals surface area (Å²) in [5, 5.41) is 8.48. The van der Waals surface area contributed by atoms with E-state index >= 15 is 0 Å². The monoisotopic (exact) mass is 228 g/mol. The van der Waals surface area contributed by atoms with Crippen LogP contribution in [0.25, 0.3) is 21.0 Å². The molecule has 16 heavy (non-hydrogen) atoms. The fourth-order valence-electron chi connectivity index (χ4n) is 2.70. The number of nitrogens with one attached hydrogen (secondary N) is 2. The van der Waals surface area contributed by atoms with Crippen LogP contribution in [0.5, 0.6) is 0 Å². The Labute approximate surface area is 97.3 Å². The van der Waals surface area contributed by atoms with E-state index in [0.717, 1.165) is 19.5 Å². The number of thiophene rings is 1. The molecule has 0 unspecified atom stereocenters. The first-order valence-electron chi connectivity index (χ1n) is 5.64. The molecular weight excluding hydrogens is 216 g/mol. The van der Waals surface area contributed by atoms with Crippen molar-refractivity contribution < 1.29 is 0 Å². The number of rotatable bonds is 0. The summed E-state index contributed by atoms with van der Waals surface area (Å²) in [6.07, 6.45) is 1.12. The summed E-state index contributed by atoms with van der Waals surface area (Å²) in [5.74, 6) is 0. The van der Waals surface area contributed by atoms with Crippen molar-refractivity contribution in [1.82, 2.24) is 10.3 Å². The highest BCUT2D eigenvalue weighted by molar-refractivity contribution is 7.17. The Balaban J connectivity index is 2.21. The third-order valence-corrected chi connectivity index (χ3v) is 4.32. The van der Waals surface area contributed by atoms with Crippen molar-refractivity contribution in [1.29, 1.82) is 0 Å². The Morgan fingerprint density at radius 2 is 2.19 bits per heavy atom. The molecule has 0 radical (unpaired) electrons. The second-order valence-electron chi connectivity index (χ2n) is 4.33. The molecule has 0 fully saturated rings. The molecule has 0 amide bonds. The number of hydrogen-bond donors (Lipinski definition) is 2. The first-order valence-corrected chi connectivity index (χ1v) is 6.52. The summed E-state index contributed by atoms with van der Waals surface area (Å²) < 4.78 is 1.39. The molecule has 4 rings (SSSR count). The third-order valence-electron chi connectivity index (χ3n) is 3.44. The first-order chi connectivity index (χ1) is 7.93. The fourth-order valence-corrected chi connectivity index (χ4v) is 3.49. The number of hydrogen-bond acceptors (Lipinski definition) is 2. The van der Waals surface area contributed by atoms with Gasteiger partial charge in [-0.25, -0.2) is 0 Å². The van der Waals surface area contributed by atoms with E-state index in [1.54, 1.807) is 0 Å². The van der Waals surface area contributed by atoms with Crippen LogP contribution in [-0.2, 0) is 13.0 Å². The quantitative estimate of drug-likeness (QED) is 0.608. The third kappa shape index (κ3) is 1.05. The minimum Gasteiger partial charge on any atom is -0.358 e. The summed E-state index contributed by atoms with van der Waals surface area (Å²) in [5.41, 5.74) is 4.19. The largest absolute Gasteiger partial charge is 0.358 e. The predicted octanol–water partition coefficient (Wildman–Crippen LogP) is 3.03. The average molecular weight is 228 g/mol. The summed E-state index contributed by atoms with van der Waals surface area (Å²) in [6, 6.07) is 6.68. The highest BCUT2D eigenvalue weighted by Gasteiger charge is 2.16. The molecule has 0 atom stereocenters. The van der Waals surface area contributed by atoms with Gasteiger partial charge in [0.25, 0.3) is 0 Å². The van der Waals surface area contributed by atoms with Gasteiger partial charge in [-0.2, -0.15) is 0 Å². The van der Waals surface area contributed by atoms with Crippen LogP contribution < -0.4 is 5.32 Å². The van der Waals surface area contributed by atoms with Gasteiger partial charge < -0.3 is 10.3 Å². The van der Waals surface area contributed by atoms with Gasteiger partial charge >= 0.3 is 0 Å². The van der Waals surface area contributed by atoms with Crippen LogP contribution in [0.4, 0.5) is 0 Å². The van der Waals surface area contributed by atoms with Crippen molar-refractivity contribution in [2.45, 2.75) is 13.0 Å². The first kappa shape index (κ1) is 8.79. The second-order valence-corrected chi connectivity index (χ2v) is 5.28. The van der Waals surface area contributed by atoms with Crippen LogP contribution in [0.1, 0.15) is 11.3 Å². The van der Waals surface area contributed by atoms with E-state index in [2.05, 4.69) is 33.9 Å². The number of benzene rings is 1. The maximum absolute atomic E-state index is 3.56. The van der Waals surface area contributed by atoms with Gasteiger partial charge in [0, 0.05) is 46.2 Å². The molecule has 1 aliphatic heterocycles. The highest BCUT2D eigenvalue weighted by Crippen LogP contribution is 2.33. The van der Waals surface area contributed by atoms with Crippen molar-refractivity contribution in [3.8, 4) is 0 Å². The zero-order valence-electron chi connectivity index (χ0n) is 8.84. The second kappa shape index (κ2) is 3.09. The minimum atomic E-state index is 1.00. The average Bonchev–Trinajstić information content (AvgIpc) is 2.91. The molecular formula is C13H12N2S. The SMILES string of the molecule is c1cc2c(ccc3[nH]c4c(c32)CNCC4)s1. The number of aromatic amines is 1. The van der Waals surface area contributed by atoms with Crippen LogP contribution >= 0.6 is 11.3 Å². The number of H-pyrrole nitrogens is 1. The van der Waals surface area contributed by atoms with E-state index in [4.69, 9.17) is 0 Å². The molecule has 0 saturated heterocycles. The lowest BCUT2D eigenvalue weighted by Gasteiger charge is -2.12. The Hall–Kier alpha value is -1.32. The van der Waals surface area contributed by atoms with E-state index in [0.29, 0.717) is 0 Å². The molecule has 1 aromatic carbocycles. The Bertz CT molecular complexity index is 678. The molecule has 2 nitrogen and oxygen atoms in total. The van der Waals surface area contributed by atoms with Gasteiger partial charge in [-0.05, 0) is 29.1 Å². The van der Waals surface area contributed by atoms with Crippen LogP contribution in [0.3, 0.4) is 0 Å². The summed E-state index contributed by atoms with van der Waals surface area (Å²) in [6.45, 7) is 2.09. The lowest BCUT2D eigenvalue weighted by molar-refractivity contribution is 0.641. The van der Waals surface area contributed by atoms with Crippen LogP contribution in [0.15, 0.2) is 23.6 Å². The van der Waals surface area contributed by atoms with Crippen LogP contribution in [0.2, 0.25) is 0 Å². The Morgan fingerprint density at radius 3 is 3.19 bits per heavy atom. The molecule has 2 aromatic heterocycles. The molecule has 2 N–H and O–H groups in total. The summed E-state index contributed by atoms with van der Waals surface area (Å²) >= 11 is 1.82. The Morgan fingerprint density at radius 1 is 1.19 bits per heavy atom. The molecule has 3 heterocycles. The molecule has 1 aliphatic rings. The van der Waals surface area contributed by atoms with E-state index < -0.39 is 0 Å². The van der Waals surface area contributed by atoms with Crippen molar-refractivity contribution in [3.63, 3.8) is 0 Å². The maximum atomic E-state index is 3.56. The molecule has 0 spiro atoms. The number of fused-ring (bicyclic) bond motifs is 5. The van der Waals surface area contributed by atoms with E-state index in [9.17, 15) is 0 Å². The smallest absolute Gasteiger partial charge is 0.0466 e. The molecule has 0 saturated carbocycles. The van der Waals surface area contributed by atoms with Gasteiger partial charge in [0.2, 0.25) is 0 Å². The lowest BCUT2D eigenvalue weighted by Crippen LogP contribution is -2.22. The molecule has 0 aliphatic carbocycles. The van der Waals surface area contributed by atoms with Gasteiger partial charge in [-0.15, -0.1) is 11.3 Å². The van der Waals surface area contributed by atoms with Gasteiger partial charge in [0.1, 0.15) is 0 Å². The fraction of sp³-hybridized carbons (Fsp3) is 0.231. The predicted molar refractivity (Wildman–Crippen MR) is 69.1 cm³/mol. The molecule has 0 bridgehead atoms. The minimum absolute atomic E-state index is 1.00. The lowest BCUT2D eigenvalue weighted by atomic mass is 10.0. The topological polar surface area (TPSA) is 27.8 Å². The highest BCUT2D eigenvalue weighted by atomic mass is 32.1. The summed E-state index contributed by atoms with van der Waals surface area (Å²) in [4.78, 5) is 3.56. The van der Waals surface area contributed by atoms with Gasteiger partial charge in [0.05, 0.1) is 0 Å². The molecule has 3 heteroatoms.